The summed E-state index contributed by atoms with van der Waals surface area (Å²) in [5.41, 5.74) is 1.06. The minimum absolute atomic E-state index is 0.0567. The average molecular weight is 318 g/mol. The molecule has 0 aromatic heterocycles. The Bertz CT molecular complexity index is 593. The van der Waals surface area contributed by atoms with Crippen LogP contribution < -0.4 is 4.74 Å². The van der Waals surface area contributed by atoms with Gasteiger partial charge < -0.3 is 14.9 Å². The molecule has 5 heteroatoms. The number of aliphatic carboxylic acids is 1. The van der Waals surface area contributed by atoms with E-state index in [1.54, 1.807) is 12.1 Å². The van der Waals surface area contributed by atoms with Crippen LogP contribution in [0.4, 0.5) is 0 Å². The number of carboxylic acid groups (broad SMARTS) is 1. The van der Waals surface area contributed by atoms with Crippen molar-refractivity contribution in [1.29, 1.82) is 0 Å². The van der Waals surface area contributed by atoms with Gasteiger partial charge in [0.15, 0.2) is 12.4 Å². The second-order valence-electron chi connectivity index (χ2n) is 6.00. The molecule has 124 valence electrons. The molecule has 1 aliphatic rings. The van der Waals surface area contributed by atoms with Crippen molar-refractivity contribution >= 4 is 11.8 Å². The molecule has 1 aromatic carbocycles. The molecule has 3 atom stereocenters. The standard InChI is InChI=1S/C18H22O5/c1-12-3-2-4-15(9-12)23-11-14(19)7-5-13-6-8-17(20)16(13)10-18(21)22/h2-5,7,9,13,16-17,20H,6,8,10-11H2,1H3,(H,21,22). The molecule has 23 heavy (non-hydrogen) atoms. The second kappa shape index (κ2) is 7.92. The zero-order valence-electron chi connectivity index (χ0n) is 13.1. The van der Waals surface area contributed by atoms with Gasteiger partial charge in [-0.1, -0.05) is 18.2 Å². The SMILES string of the molecule is Cc1cccc(OCC(=O)C=CC2CCC(O)C2CC(=O)O)c1. The largest absolute Gasteiger partial charge is 0.485 e. The zero-order valence-corrected chi connectivity index (χ0v) is 13.1. The van der Waals surface area contributed by atoms with Crippen molar-refractivity contribution in [2.75, 3.05) is 6.61 Å². The van der Waals surface area contributed by atoms with E-state index < -0.39 is 12.1 Å². The Morgan fingerprint density at radius 2 is 2.13 bits per heavy atom. The van der Waals surface area contributed by atoms with Crippen molar-refractivity contribution < 1.29 is 24.5 Å². The predicted molar refractivity (Wildman–Crippen MR) is 85.3 cm³/mol. The molecule has 0 saturated heterocycles. The van der Waals surface area contributed by atoms with Crippen LogP contribution in [0.15, 0.2) is 36.4 Å². The Morgan fingerprint density at radius 3 is 2.83 bits per heavy atom. The molecule has 0 heterocycles. The highest BCUT2D eigenvalue weighted by molar-refractivity contribution is 5.91. The van der Waals surface area contributed by atoms with E-state index in [4.69, 9.17) is 9.84 Å². The number of aryl methyl sites for hydroxylation is 1. The smallest absolute Gasteiger partial charge is 0.303 e. The van der Waals surface area contributed by atoms with Crippen molar-refractivity contribution in [3.05, 3.63) is 42.0 Å². The quantitative estimate of drug-likeness (QED) is 0.754. The van der Waals surface area contributed by atoms with E-state index in [2.05, 4.69) is 0 Å². The van der Waals surface area contributed by atoms with Crippen LogP contribution in [-0.4, -0.2) is 34.7 Å². The van der Waals surface area contributed by atoms with E-state index in [1.165, 1.54) is 6.08 Å². The first-order valence-corrected chi connectivity index (χ1v) is 7.76. The summed E-state index contributed by atoms with van der Waals surface area (Å²) in [6, 6.07) is 7.46. The molecule has 0 radical (unpaired) electrons. The van der Waals surface area contributed by atoms with Crippen molar-refractivity contribution in [1.82, 2.24) is 0 Å². The molecule has 0 spiro atoms. The molecular weight excluding hydrogens is 296 g/mol. The van der Waals surface area contributed by atoms with Crippen LogP contribution >= 0.6 is 0 Å². The fraction of sp³-hybridized carbons (Fsp3) is 0.444. The summed E-state index contributed by atoms with van der Waals surface area (Å²) in [5.74, 6) is -0.865. The van der Waals surface area contributed by atoms with E-state index >= 15 is 0 Å². The van der Waals surface area contributed by atoms with E-state index in [0.29, 0.717) is 18.6 Å². The summed E-state index contributed by atoms with van der Waals surface area (Å²) >= 11 is 0. The lowest BCUT2D eigenvalue weighted by atomic mass is 9.91. The fourth-order valence-corrected chi connectivity index (χ4v) is 2.94. The summed E-state index contributed by atoms with van der Waals surface area (Å²) in [5, 5.41) is 18.7. The predicted octanol–water partition coefficient (Wildman–Crippen LogP) is 2.36. The first-order chi connectivity index (χ1) is 11.0. The van der Waals surface area contributed by atoms with Crippen LogP contribution in [0.5, 0.6) is 5.75 Å². The summed E-state index contributed by atoms with van der Waals surface area (Å²) < 4.78 is 5.43. The topological polar surface area (TPSA) is 83.8 Å². The van der Waals surface area contributed by atoms with Gasteiger partial charge in [0.05, 0.1) is 12.5 Å². The Morgan fingerprint density at radius 1 is 1.35 bits per heavy atom. The monoisotopic (exact) mass is 318 g/mol. The van der Waals surface area contributed by atoms with Gasteiger partial charge in [0, 0.05) is 5.92 Å². The molecular formula is C18H22O5. The highest BCUT2D eigenvalue weighted by Crippen LogP contribution is 2.35. The number of ether oxygens (including phenoxy) is 1. The number of allylic oxidation sites excluding steroid dienone is 1. The van der Waals surface area contributed by atoms with Gasteiger partial charge in [-0.25, -0.2) is 0 Å². The third-order valence-electron chi connectivity index (χ3n) is 4.15. The van der Waals surface area contributed by atoms with Gasteiger partial charge in [0.1, 0.15) is 5.75 Å². The fourth-order valence-electron chi connectivity index (χ4n) is 2.94. The molecule has 1 fully saturated rings. The number of benzene rings is 1. The van der Waals surface area contributed by atoms with Crippen LogP contribution in [0, 0.1) is 18.8 Å². The van der Waals surface area contributed by atoms with E-state index in [-0.39, 0.29) is 30.6 Å². The Labute approximate surface area is 135 Å². The number of carboxylic acids is 1. The number of hydrogen-bond donors (Lipinski definition) is 2. The first kappa shape index (κ1) is 17.2. The lowest BCUT2D eigenvalue weighted by Crippen LogP contribution is -2.21. The normalized spacial score (nSPS) is 24.0. The molecule has 2 N–H and O–H groups in total. The second-order valence-corrected chi connectivity index (χ2v) is 6.00. The van der Waals surface area contributed by atoms with Crippen LogP contribution in [-0.2, 0) is 9.59 Å². The van der Waals surface area contributed by atoms with E-state index in [9.17, 15) is 14.7 Å². The number of aliphatic hydroxyl groups is 1. The average Bonchev–Trinajstić information content (AvgIpc) is 2.83. The van der Waals surface area contributed by atoms with E-state index in [0.717, 1.165) is 5.56 Å². The maximum atomic E-state index is 11.9. The molecule has 5 nitrogen and oxygen atoms in total. The van der Waals surface area contributed by atoms with Crippen LogP contribution in [0.1, 0.15) is 24.8 Å². The Kier molecular flexibility index (Phi) is 5.93. The van der Waals surface area contributed by atoms with Gasteiger partial charge in [0.2, 0.25) is 0 Å². The van der Waals surface area contributed by atoms with Crippen LogP contribution in [0.25, 0.3) is 0 Å². The van der Waals surface area contributed by atoms with Gasteiger partial charge in [-0.3, -0.25) is 9.59 Å². The number of ketones is 1. The summed E-state index contributed by atoms with van der Waals surface area (Å²) in [6.07, 6.45) is 3.73. The maximum absolute atomic E-state index is 11.9. The van der Waals surface area contributed by atoms with Gasteiger partial charge in [-0.05, 0) is 49.5 Å². The number of hydrogen-bond acceptors (Lipinski definition) is 4. The summed E-state index contributed by atoms with van der Waals surface area (Å²) in [7, 11) is 0. The molecule has 0 aliphatic heterocycles. The zero-order chi connectivity index (χ0) is 16.8. The van der Waals surface area contributed by atoms with Crippen LogP contribution in [0.2, 0.25) is 0 Å². The molecule has 3 unspecified atom stereocenters. The Balaban J connectivity index is 1.86. The van der Waals surface area contributed by atoms with Crippen molar-refractivity contribution in [3.63, 3.8) is 0 Å². The summed E-state index contributed by atoms with van der Waals surface area (Å²) in [4.78, 5) is 22.7. The summed E-state index contributed by atoms with van der Waals surface area (Å²) in [6.45, 7) is 1.89. The number of rotatable bonds is 7. The highest BCUT2D eigenvalue weighted by atomic mass is 16.5. The van der Waals surface area contributed by atoms with Crippen LogP contribution in [0.3, 0.4) is 0 Å². The van der Waals surface area contributed by atoms with Gasteiger partial charge in [-0.15, -0.1) is 0 Å². The van der Waals surface area contributed by atoms with Gasteiger partial charge >= 0.3 is 5.97 Å². The van der Waals surface area contributed by atoms with Gasteiger partial charge in [-0.2, -0.15) is 0 Å². The molecule has 2 rings (SSSR count). The minimum Gasteiger partial charge on any atom is -0.485 e. The maximum Gasteiger partial charge on any atom is 0.303 e. The number of carbonyl (C=O) groups excluding carboxylic acids is 1. The molecule has 1 aromatic rings. The molecule has 0 bridgehead atoms. The van der Waals surface area contributed by atoms with Crippen molar-refractivity contribution in [2.24, 2.45) is 11.8 Å². The van der Waals surface area contributed by atoms with E-state index in [1.807, 2.05) is 25.1 Å². The first-order valence-electron chi connectivity index (χ1n) is 7.76. The van der Waals surface area contributed by atoms with Crippen molar-refractivity contribution in [2.45, 2.75) is 32.3 Å². The number of carbonyl (C=O) groups is 2. The highest BCUT2D eigenvalue weighted by Gasteiger charge is 2.34. The molecule has 0 amide bonds. The van der Waals surface area contributed by atoms with Gasteiger partial charge in [0.25, 0.3) is 0 Å². The number of aliphatic hydroxyl groups excluding tert-OH is 1. The molecule has 1 saturated carbocycles. The molecule has 1 aliphatic carbocycles. The lowest BCUT2D eigenvalue weighted by Gasteiger charge is -2.17. The lowest BCUT2D eigenvalue weighted by molar-refractivity contribution is -0.139. The Hall–Kier alpha value is -2.14. The third-order valence-corrected chi connectivity index (χ3v) is 4.15. The minimum atomic E-state index is -0.927. The third kappa shape index (κ3) is 5.21. The van der Waals surface area contributed by atoms with Crippen molar-refractivity contribution in [3.8, 4) is 5.75 Å².